The Morgan fingerprint density at radius 2 is 1.59 bits per heavy atom. The second kappa shape index (κ2) is 16.4. The summed E-state index contributed by atoms with van der Waals surface area (Å²) < 4.78 is 23.2. The number of phenolic OH excluding ortho intramolecular Hbond substituents is 3. The molecule has 0 aromatic heterocycles. The van der Waals surface area contributed by atoms with Gasteiger partial charge in [0, 0.05) is 96.8 Å². The van der Waals surface area contributed by atoms with E-state index >= 15 is 0 Å². The molecule has 9 atom stereocenters. The van der Waals surface area contributed by atoms with Gasteiger partial charge < -0.3 is 49.8 Å². The molecule has 0 saturated heterocycles. The van der Waals surface area contributed by atoms with Crippen LogP contribution in [0.4, 0.5) is 5.69 Å². The van der Waals surface area contributed by atoms with E-state index in [9.17, 15) is 39.9 Å². The number of methoxy groups -OCH3 is 1. The van der Waals surface area contributed by atoms with Crippen LogP contribution in [0.1, 0.15) is 64.4 Å². The molecule has 2 aromatic carbocycles. The number of allylic oxidation sites excluding steroid dienone is 2. The van der Waals surface area contributed by atoms with Crippen LogP contribution in [0.5, 0.6) is 23.0 Å². The number of phenols is 3. The van der Waals surface area contributed by atoms with Crippen molar-refractivity contribution in [3.63, 3.8) is 0 Å². The zero-order valence-electron chi connectivity index (χ0n) is 30.7. The molecule has 0 saturated carbocycles. The van der Waals surface area contributed by atoms with Crippen molar-refractivity contribution in [1.29, 1.82) is 0 Å². The first-order valence-electron chi connectivity index (χ1n) is 16.4. The van der Waals surface area contributed by atoms with Gasteiger partial charge in [-0.3, -0.25) is 14.4 Å². The van der Waals surface area contributed by atoms with E-state index in [1.54, 1.807) is 39.8 Å². The Bertz CT molecular complexity index is 1770. The normalized spacial score (nSPS) is 32.6. The molecule has 13 nitrogen and oxygen atoms in total. The third-order valence-corrected chi connectivity index (χ3v) is 9.84. The predicted octanol–water partition coefficient (Wildman–Crippen LogP) is 4.37. The Balaban J connectivity index is 0.00000702. The molecule has 6 N–H and O–H groups in total. The van der Waals surface area contributed by atoms with Crippen LogP contribution >= 0.6 is 0 Å². The Kier molecular flexibility index (Phi) is 13.4. The number of aliphatic hydroxyl groups excluding tert-OH is 2. The smallest absolute Gasteiger partial charge is 0.312 e. The van der Waals surface area contributed by atoms with Crippen LogP contribution in [-0.4, -0.2) is 110 Å². The van der Waals surface area contributed by atoms with Gasteiger partial charge in [0.25, 0.3) is 11.7 Å². The fourth-order valence-electron chi connectivity index (χ4n) is 6.65. The topological polar surface area (TPSA) is 201 Å². The van der Waals surface area contributed by atoms with Crippen molar-refractivity contribution in [3.05, 3.63) is 53.3 Å². The molecule has 3 heterocycles. The number of fused-ring (bicyclic) bond motifs is 14. The van der Waals surface area contributed by atoms with Crippen molar-refractivity contribution in [1.82, 2.24) is 0 Å². The van der Waals surface area contributed by atoms with Crippen LogP contribution < -0.4 is 10.1 Å². The van der Waals surface area contributed by atoms with Gasteiger partial charge in [0.15, 0.2) is 5.75 Å². The number of Topliss-reactive ketones (excluding diaryl/α,β-unsaturated/α-hetero) is 1. The number of aromatic hydroxyl groups is 3. The summed E-state index contributed by atoms with van der Waals surface area (Å²) in [5, 5.41) is 58.2. The van der Waals surface area contributed by atoms with Crippen LogP contribution in [0.15, 0.2) is 42.2 Å². The van der Waals surface area contributed by atoms with Crippen LogP contribution in [-0.2, 0) is 23.8 Å². The number of ketones is 1. The SMILES string of the molecule is COC1/C=C/O[C@@]2(C)Oc3c(C)c(O)c4c(O)c(cc(O)c4c3C2=O)NC(=O)/C(C)=C\C=C\[C@H](C)C(O)[C@@H](C)[C@@H](O)[C@@H](C)[C@H](OC(C)=O)[C@@H]1C.[Na]. The molecule has 51 heavy (non-hydrogen) atoms. The van der Waals surface area contributed by atoms with E-state index in [0.717, 1.165) is 6.07 Å². The first-order chi connectivity index (χ1) is 23.4. The molecule has 0 fully saturated rings. The van der Waals surface area contributed by atoms with Gasteiger partial charge in [-0.2, -0.15) is 0 Å². The molecular weight excluding hydrogens is 673 g/mol. The summed E-state index contributed by atoms with van der Waals surface area (Å²) >= 11 is 0. The van der Waals surface area contributed by atoms with E-state index in [2.05, 4.69) is 5.32 Å². The van der Waals surface area contributed by atoms with Crippen molar-refractivity contribution in [2.75, 3.05) is 12.4 Å². The average molecular weight is 721 g/mol. The zero-order valence-corrected chi connectivity index (χ0v) is 32.7. The average Bonchev–Trinajstić information content (AvgIpc) is 3.33. The number of hydrogen-bond donors (Lipinski definition) is 6. The third kappa shape index (κ3) is 8.08. The van der Waals surface area contributed by atoms with E-state index < -0.39 is 88.8 Å². The second-order valence-electron chi connectivity index (χ2n) is 13.4. The molecule has 0 spiro atoms. The number of amides is 1. The molecule has 5 rings (SSSR count). The molecule has 273 valence electrons. The first kappa shape index (κ1) is 41.8. The minimum absolute atomic E-state index is 0. The third-order valence-electron chi connectivity index (χ3n) is 9.84. The molecule has 1 amide bonds. The van der Waals surface area contributed by atoms with Gasteiger partial charge in [0.1, 0.15) is 23.4 Å². The molecule has 5 bridgehead atoms. The summed E-state index contributed by atoms with van der Waals surface area (Å²) in [5.74, 6) is -7.99. The van der Waals surface area contributed by atoms with Crippen molar-refractivity contribution in [2.24, 2.45) is 23.7 Å². The summed E-state index contributed by atoms with van der Waals surface area (Å²) in [7, 11) is 1.43. The molecular formula is C37H47NNaO12. The Hall–Kier alpha value is -3.59. The maximum Gasteiger partial charge on any atom is 0.312 e. The van der Waals surface area contributed by atoms with E-state index in [1.165, 1.54) is 53.2 Å². The van der Waals surface area contributed by atoms with E-state index in [0.29, 0.717) is 0 Å². The summed E-state index contributed by atoms with van der Waals surface area (Å²) in [6.07, 6.45) is 3.62. The Morgan fingerprint density at radius 1 is 0.941 bits per heavy atom. The minimum atomic E-state index is -1.98. The summed E-state index contributed by atoms with van der Waals surface area (Å²) in [6.45, 7) is 12.5. The molecule has 3 aliphatic heterocycles. The molecule has 14 heteroatoms. The van der Waals surface area contributed by atoms with Crippen LogP contribution in [0.2, 0.25) is 0 Å². The number of aliphatic hydroxyl groups is 2. The summed E-state index contributed by atoms with van der Waals surface area (Å²) in [6, 6.07) is 1.06. The maximum absolute atomic E-state index is 13.9. The van der Waals surface area contributed by atoms with Crippen molar-refractivity contribution < 1.29 is 58.9 Å². The van der Waals surface area contributed by atoms with Gasteiger partial charge in [-0.1, -0.05) is 45.9 Å². The van der Waals surface area contributed by atoms with E-state index in [1.807, 2.05) is 0 Å². The van der Waals surface area contributed by atoms with Gasteiger partial charge >= 0.3 is 11.8 Å². The number of esters is 1. The van der Waals surface area contributed by atoms with E-state index in [4.69, 9.17) is 18.9 Å². The van der Waals surface area contributed by atoms with Gasteiger partial charge in [0.2, 0.25) is 0 Å². The quantitative estimate of drug-likeness (QED) is 0.111. The van der Waals surface area contributed by atoms with Gasteiger partial charge in [-0.25, -0.2) is 0 Å². The minimum Gasteiger partial charge on any atom is -0.507 e. The number of hydrogen-bond acceptors (Lipinski definition) is 12. The number of anilines is 1. The zero-order chi connectivity index (χ0) is 37.4. The number of rotatable bonds is 2. The number of benzene rings is 2. The number of nitrogens with one attached hydrogen (secondary N) is 1. The predicted molar refractivity (Wildman–Crippen MR) is 190 cm³/mol. The molecule has 1 radical (unpaired) electrons. The molecule has 3 aliphatic rings. The monoisotopic (exact) mass is 720 g/mol. The fraction of sp³-hybridized carbons (Fsp3) is 0.486. The van der Waals surface area contributed by atoms with Gasteiger partial charge in [-0.15, -0.1) is 0 Å². The summed E-state index contributed by atoms with van der Waals surface area (Å²) in [4.78, 5) is 39.2. The first-order valence-corrected chi connectivity index (χ1v) is 16.4. The molecule has 2 aromatic rings. The second-order valence-corrected chi connectivity index (χ2v) is 13.4. The maximum atomic E-state index is 13.9. The van der Waals surface area contributed by atoms with Crippen molar-refractivity contribution in [3.8, 4) is 23.0 Å². The Morgan fingerprint density at radius 3 is 2.20 bits per heavy atom. The van der Waals surface area contributed by atoms with Gasteiger partial charge in [0.05, 0.1) is 41.2 Å². The summed E-state index contributed by atoms with van der Waals surface area (Å²) in [5.41, 5.74) is -0.0929. The number of ether oxygens (including phenoxy) is 4. The van der Waals surface area contributed by atoms with Crippen LogP contribution in [0, 0.1) is 30.6 Å². The number of carbonyl (C=O) groups is 3. The van der Waals surface area contributed by atoms with Crippen LogP contribution in [0.25, 0.3) is 10.8 Å². The molecule has 2 unspecified atom stereocenters. The largest absolute Gasteiger partial charge is 0.507 e. The van der Waals surface area contributed by atoms with Crippen molar-refractivity contribution >= 4 is 63.7 Å². The van der Waals surface area contributed by atoms with E-state index in [-0.39, 0.29) is 68.5 Å². The number of carbonyl (C=O) groups excluding carboxylic acids is 3. The van der Waals surface area contributed by atoms with Crippen molar-refractivity contribution in [2.45, 2.75) is 85.6 Å². The van der Waals surface area contributed by atoms with Crippen LogP contribution in [0.3, 0.4) is 0 Å². The van der Waals surface area contributed by atoms with Gasteiger partial charge in [-0.05, 0) is 19.9 Å². The fourth-order valence-corrected chi connectivity index (χ4v) is 6.65. The molecule has 0 aliphatic carbocycles. The Labute approximate surface area is 319 Å². The standard InChI is InChI=1S/C37H47NO12.Na/c1-16-11-10-12-17(2)36(46)38-23-15-24(40)26-27(32(23)44)31(43)21(6)34-28(26)35(45)37(8,50-34)48-14-13-25(47-9)18(3)33(49-22(7)39)20(5)30(42)19(4)29(16)41;/h10-16,18-20,25,29-30,33,40-44H,1-9H3,(H,38,46);/b11-10+,14-13+,17-12-;/t16-,18+,19+,20+,25?,29?,30+,33+,37-;/m0./s1.